The van der Waals surface area contributed by atoms with Crippen molar-refractivity contribution in [3.05, 3.63) is 76.0 Å². The highest BCUT2D eigenvalue weighted by Gasteiger charge is 2.28. The van der Waals surface area contributed by atoms with Gasteiger partial charge in [0.15, 0.2) is 0 Å². The number of nitrogens with zero attached hydrogens (tertiary/aromatic N) is 3. The van der Waals surface area contributed by atoms with Gasteiger partial charge in [0.1, 0.15) is 0 Å². The molecule has 2 amide bonds. The van der Waals surface area contributed by atoms with Gasteiger partial charge in [-0.2, -0.15) is 11.3 Å². The normalized spacial score (nSPS) is 14.3. The van der Waals surface area contributed by atoms with Gasteiger partial charge in [-0.15, -0.1) is 11.8 Å². The van der Waals surface area contributed by atoms with E-state index in [1.165, 1.54) is 0 Å². The molecule has 0 saturated carbocycles. The molecule has 166 valence electrons. The highest BCUT2D eigenvalue weighted by molar-refractivity contribution is 8.00. The summed E-state index contributed by atoms with van der Waals surface area (Å²) in [6.07, 6.45) is 5.09. The van der Waals surface area contributed by atoms with Crippen LogP contribution in [0.15, 0.2) is 58.4 Å². The molecule has 4 heterocycles. The fourth-order valence-corrected chi connectivity index (χ4v) is 5.51. The van der Waals surface area contributed by atoms with Gasteiger partial charge >= 0.3 is 0 Å². The number of thioether (sulfide) groups is 1. The Kier molecular flexibility index (Phi) is 7.55. The highest BCUT2D eigenvalue weighted by Crippen LogP contribution is 2.30. The second-order valence-electron chi connectivity index (χ2n) is 7.83. The van der Waals surface area contributed by atoms with Crippen LogP contribution in [0.5, 0.6) is 0 Å². The van der Waals surface area contributed by atoms with Crippen molar-refractivity contribution in [2.45, 2.75) is 37.1 Å². The van der Waals surface area contributed by atoms with Crippen LogP contribution >= 0.6 is 23.1 Å². The van der Waals surface area contributed by atoms with Crippen molar-refractivity contribution in [2.24, 2.45) is 0 Å². The Bertz CT molecular complexity index is 1050. The first-order valence-corrected chi connectivity index (χ1v) is 12.6. The fourth-order valence-electron chi connectivity index (χ4n) is 3.83. The molecule has 0 aromatic carbocycles. The molecular weight excluding hydrogens is 440 g/mol. The van der Waals surface area contributed by atoms with Crippen LogP contribution in [0.2, 0.25) is 0 Å². The Morgan fingerprint density at radius 1 is 1.22 bits per heavy atom. The van der Waals surface area contributed by atoms with E-state index in [2.05, 4.69) is 15.7 Å². The first kappa shape index (κ1) is 22.5. The van der Waals surface area contributed by atoms with Crippen molar-refractivity contribution < 1.29 is 9.59 Å². The number of carbonyl (C=O) groups is 2. The summed E-state index contributed by atoms with van der Waals surface area (Å²) >= 11 is 3.23. The van der Waals surface area contributed by atoms with E-state index in [0.717, 1.165) is 34.7 Å². The molecule has 1 fully saturated rings. The second kappa shape index (κ2) is 10.7. The fraction of sp³-hybridized carbons (Fsp3) is 0.333. The largest absolute Gasteiger partial charge is 0.348 e. The third-order valence-corrected chi connectivity index (χ3v) is 7.39. The van der Waals surface area contributed by atoms with Crippen LogP contribution in [0.3, 0.4) is 0 Å². The summed E-state index contributed by atoms with van der Waals surface area (Å²) in [5, 5.41) is 7.08. The van der Waals surface area contributed by atoms with Gasteiger partial charge in [0, 0.05) is 53.9 Å². The zero-order valence-corrected chi connectivity index (χ0v) is 19.6. The van der Waals surface area contributed by atoms with E-state index in [1.54, 1.807) is 35.5 Å². The van der Waals surface area contributed by atoms with Crippen molar-refractivity contribution in [3.63, 3.8) is 0 Å². The number of carbonyl (C=O) groups excluding carboxylic acids is 2. The Labute approximate surface area is 196 Å². The van der Waals surface area contributed by atoms with Crippen LogP contribution in [0.1, 0.15) is 46.1 Å². The molecule has 0 radical (unpaired) electrons. The first-order valence-electron chi connectivity index (χ1n) is 10.7. The molecule has 32 heavy (non-hydrogen) atoms. The van der Waals surface area contributed by atoms with Crippen molar-refractivity contribution in [3.8, 4) is 0 Å². The summed E-state index contributed by atoms with van der Waals surface area (Å²) in [6, 6.07) is 9.58. The summed E-state index contributed by atoms with van der Waals surface area (Å²) in [5.41, 5.74) is 3.31. The van der Waals surface area contributed by atoms with Crippen molar-refractivity contribution in [2.75, 3.05) is 18.8 Å². The van der Waals surface area contributed by atoms with Crippen LogP contribution in [0, 0.1) is 6.92 Å². The van der Waals surface area contributed by atoms with Crippen molar-refractivity contribution >= 4 is 34.9 Å². The number of amides is 2. The molecule has 6 nitrogen and oxygen atoms in total. The minimum atomic E-state index is -0.123. The van der Waals surface area contributed by atoms with E-state index in [9.17, 15) is 9.59 Å². The maximum atomic E-state index is 12.9. The van der Waals surface area contributed by atoms with Crippen LogP contribution in [0.4, 0.5) is 0 Å². The van der Waals surface area contributed by atoms with Gasteiger partial charge in [0.2, 0.25) is 5.91 Å². The predicted octanol–water partition coefficient (Wildman–Crippen LogP) is 4.27. The van der Waals surface area contributed by atoms with E-state index in [4.69, 9.17) is 4.98 Å². The van der Waals surface area contributed by atoms with E-state index >= 15 is 0 Å². The number of aromatic nitrogens is 2. The smallest absolute Gasteiger partial charge is 0.253 e. The number of hydrogen-bond acceptors (Lipinski definition) is 6. The zero-order chi connectivity index (χ0) is 22.3. The lowest BCUT2D eigenvalue weighted by Gasteiger charge is -2.32. The second-order valence-corrected chi connectivity index (χ2v) is 9.66. The Balaban J connectivity index is 1.36. The lowest BCUT2D eigenvalue weighted by Crippen LogP contribution is -2.39. The molecule has 0 bridgehead atoms. The van der Waals surface area contributed by atoms with E-state index in [-0.39, 0.29) is 17.7 Å². The molecule has 1 aliphatic rings. The van der Waals surface area contributed by atoms with Gasteiger partial charge in [-0.1, -0.05) is 6.07 Å². The lowest BCUT2D eigenvalue weighted by atomic mass is 9.90. The van der Waals surface area contributed by atoms with Gasteiger partial charge in [-0.3, -0.25) is 19.6 Å². The van der Waals surface area contributed by atoms with Gasteiger partial charge < -0.3 is 10.2 Å². The Hall–Kier alpha value is -2.71. The third-order valence-electron chi connectivity index (χ3n) is 5.58. The average molecular weight is 467 g/mol. The van der Waals surface area contributed by atoms with Gasteiger partial charge in [0.05, 0.1) is 17.0 Å². The van der Waals surface area contributed by atoms with E-state index < -0.39 is 0 Å². The molecular formula is C24H26N4O2S2. The monoisotopic (exact) mass is 466 g/mol. The molecule has 0 aliphatic carbocycles. The number of hydrogen-bond donors (Lipinski definition) is 1. The molecule has 0 spiro atoms. The SMILES string of the molecule is Cc1ccc(C(=O)NCc2cccnc2)c(C2CCN(C(=O)CSc3ccsc3)CC2)n1. The summed E-state index contributed by atoms with van der Waals surface area (Å²) in [4.78, 5) is 37.4. The average Bonchev–Trinajstić information content (AvgIpc) is 3.35. The number of thiophene rings is 1. The lowest BCUT2D eigenvalue weighted by molar-refractivity contribution is -0.129. The quantitative estimate of drug-likeness (QED) is 0.526. The predicted molar refractivity (Wildman–Crippen MR) is 128 cm³/mol. The standard InChI is InChI=1S/C24H26N4O2S2/c1-17-4-5-21(24(30)26-14-18-3-2-9-25-13-18)23(27-17)19-6-10-28(11-7-19)22(29)16-32-20-8-12-31-15-20/h2-5,8-9,12-13,15,19H,6-7,10-11,14,16H2,1H3,(H,26,30). The van der Waals surface area contributed by atoms with Crippen LogP contribution in [-0.4, -0.2) is 45.5 Å². The summed E-state index contributed by atoms with van der Waals surface area (Å²) < 4.78 is 0. The molecule has 0 atom stereocenters. The first-order chi connectivity index (χ1) is 15.6. The van der Waals surface area contributed by atoms with Crippen molar-refractivity contribution in [1.82, 2.24) is 20.2 Å². The minimum absolute atomic E-state index is 0.123. The number of aryl methyl sites for hydroxylation is 1. The molecule has 1 aliphatic heterocycles. The third kappa shape index (κ3) is 5.75. The molecule has 4 rings (SSSR count). The number of pyridine rings is 2. The highest BCUT2D eigenvalue weighted by atomic mass is 32.2. The summed E-state index contributed by atoms with van der Waals surface area (Å²) in [5.74, 6) is 0.683. The number of nitrogens with one attached hydrogen (secondary N) is 1. The van der Waals surface area contributed by atoms with Crippen LogP contribution in [-0.2, 0) is 11.3 Å². The molecule has 8 heteroatoms. The van der Waals surface area contributed by atoms with Crippen LogP contribution < -0.4 is 5.32 Å². The minimum Gasteiger partial charge on any atom is -0.348 e. The molecule has 0 unspecified atom stereocenters. The van der Waals surface area contributed by atoms with Gasteiger partial charge in [-0.25, -0.2) is 0 Å². The topological polar surface area (TPSA) is 75.2 Å². The zero-order valence-electron chi connectivity index (χ0n) is 18.0. The molecule has 1 N–H and O–H groups in total. The number of likely N-dealkylation sites (tertiary alicyclic amines) is 1. The van der Waals surface area contributed by atoms with Crippen LogP contribution in [0.25, 0.3) is 0 Å². The number of rotatable bonds is 7. The van der Waals surface area contributed by atoms with E-state index in [0.29, 0.717) is 31.0 Å². The molecule has 1 saturated heterocycles. The van der Waals surface area contributed by atoms with Gasteiger partial charge in [-0.05, 0) is 55.0 Å². The summed E-state index contributed by atoms with van der Waals surface area (Å²) in [6.45, 7) is 3.76. The van der Waals surface area contributed by atoms with Crippen molar-refractivity contribution in [1.29, 1.82) is 0 Å². The molecule has 3 aromatic rings. The molecule has 3 aromatic heterocycles. The maximum Gasteiger partial charge on any atom is 0.253 e. The summed E-state index contributed by atoms with van der Waals surface area (Å²) in [7, 11) is 0. The van der Waals surface area contributed by atoms with E-state index in [1.807, 2.05) is 47.5 Å². The number of piperidine rings is 1. The Morgan fingerprint density at radius 2 is 2.06 bits per heavy atom. The Morgan fingerprint density at radius 3 is 2.78 bits per heavy atom. The van der Waals surface area contributed by atoms with Gasteiger partial charge in [0.25, 0.3) is 5.91 Å². The maximum absolute atomic E-state index is 12.9.